The first-order chi connectivity index (χ1) is 16.1. The number of ether oxygens (including phenoxy) is 1. The fraction of sp³-hybridized carbons (Fsp3) is 0.667. The molecule has 1 aromatic rings. The zero-order chi connectivity index (χ0) is 24.5. The molecule has 3 aliphatic rings. The predicted octanol–water partition coefficient (Wildman–Crippen LogP) is 2.85. The molecule has 0 bridgehead atoms. The van der Waals surface area contributed by atoms with Crippen molar-refractivity contribution in [2.45, 2.75) is 49.9 Å². The molecule has 3 fully saturated rings. The topological polar surface area (TPSA) is 73.3 Å². The molecular formula is C24H32F3N3O4. The second-order valence-corrected chi connectivity index (χ2v) is 9.84. The zero-order valence-electron chi connectivity index (χ0n) is 19.3. The van der Waals surface area contributed by atoms with Crippen molar-refractivity contribution in [3.05, 3.63) is 35.9 Å². The number of hydrogen-bond donors (Lipinski definition) is 1. The number of alkyl halides is 3. The molecule has 1 saturated carbocycles. The SMILES string of the molecule is COCC1(CN(C(=O)C(F)(F)F)[C@H]2C[C@@H]2c2ccccc2)CCN(C(=O)N2CCC(O)C2)CC1. The Morgan fingerprint density at radius 1 is 1.15 bits per heavy atom. The summed E-state index contributed by atoms with van der Waals surface area (Å²) in [6, 6.07) is 8.65. The molecule has 3 atom stereocenters. The summed E-state index contributed by atoms with van der Waals surface area (Å²) in [4.78, 5) is 29.6. The first kappa shape index (κ1) is 24.8. The van der Waals surface area contributed by atoms with Crippen LogP contribution in [0.1, 0.15) is 37.2 Å². The molecular weight excluding hydrogens is 451 g/mol. The van der Waals surface area contributed by atoms with Gasteiger partial charge in [0.15, 0.2) is 0 Å². The molecule has 7 nitrogen and oxygen atoms in total. The molecule has 0 aromatic heterocycles. The van der Waals surface area contributed by atoms with Crippen molar-refractivity contribution in [1.82, 2.24) is 14.7 Å². The molecule has 1 aromatic carbocycles. The van der Waals surface area contributed by atoms with Gasteiger partial charge in [0.05, 0.1) is 12.7 Å². The molecule has 4 rings (SSSR count). The van der Waals surface area contributed by atoms with Crippen LogP contribution in [0, 0.1) is 5.41 Å². The number of carbonyl (C=O) groups is 2. The Balaban J connectivity index is 1.47. The van der Waals surface area contributed by atoms with Crippen LogP contribution in [0.5, 0.6) is 0 Å². The summed E-state index contributed by atoms with van der Waals surface area (Å²) in [7, 11) is 1.50. The summed E-state index contributed by atoms with van der Waals surface area (Å²) in [5, 5.41) is 9.72. The molecule has 1 aliphatic carbocycles. The fourth-order valence-electron chi connectivity index (χ4n) is 5.39. The molecule has 1 unspecified atom stereocenters. The molecule has 1 N–H and O–H groups in total. The van der Waals surface area contributed by atoms with E-state index in [1.165, 1.54) is 7.11 Å². The maximum absolute atomic E-state index is 13.6. The van der Waals surface area contributed by atoms with E-state index in [-0.39, 0.29) is 25.1 Å². The Labute approximate surface area is 197 Å². The number of methoxy groups -OCH3 is 1. The first-order valence-corrected chi connectivity index (χ1v) is 11.8. The highest BCUT2D eigenvalue weighted by atomic mass is 19.4. The van der Waals surface area contributed by atoms with Crippen molar-refractivity contribution in [3.8, 4) is 0 Å². The summed E-state index contributed by atoms with van der Waals surface area (Å²) >= 11 is 0. The van der Waals surface area contributed by atoms with Crippen LogP contribution in [0.15, 0.2) is 30.3 Å². The van der Waals surface area contributed by atoms with Crippen molar-refractivity contribution >= 4 is 11.9 Å². The minimum absolute atomic E-state index is 0.0579. The van der Waals surface area contributed by atoms with Crippen LogP contribution in [-0.2, 0) is 9.53 Å². The number of piperidine rings is 1. The van der Waals surface area contributed by atoms with Gasteiger partial charge in [-0.25, -0.2) is 4.79 Å². The number of urea groups is 1. The molecule has 3 amide bonds. The van der Waals surface area contributed by atoms with Gasteiger partial charge in [-0.2, -0.15) is 13.2 Å². The van der Waals surface area contributed by atoms with Crippen LogP contribution >= 0.6 is 0 Å². The Bertz CT molecular complexity index is 874. The summed E-state index contributed by atoms with van der Waals surface area (Å²) in [6.07, 6.45) is -3.55. The number of aliphatic hydroxyl groups excluding tert-OH is 1. The number of benzene rings is 1. The van der Waals surface area contributed by atoms with Crippen LogP contribution in [0.25, 0.3) is 0 Å². The fourth-order valence-corrected chi connectivity index (χ4v) is 5.39. The number of carbonyl (C=O) groups excluding carboxylic acids is 2. The largest absolute Gasteiger partial charge is 0.471 e. The maximum atomic E-state index is 13.6. The third kappa shape index (κ3) is 5.33. The number of aliphatic hydroxyl groups is 1. The van der Waals surface area contributed by atoms with Crippen molar-refractivity contribution in [1.29, 1.82) is 0 Å². The standard InChI is InChI=1S/C24H32F3N3O4/c1-34-16-23(8-11-28(12-9-23)22(33)29-10-7-18(31)14-29)15-30(21(32)24(25,26)27)20-13-19(20)17-5-3-2-4-6-17/h2-6,18-20,31H,7-16H2,1H3/t18?,19-,20+/m1/s1. The van der Waals surface area contributed by atoms with Gasteiger partial charge in [0.1, 0.15) is 0 Å². The number of halogens is 3. The van der Waals surface area contributed by atoms with Crippen molar-refractivity contribution in [3.63, 3.8) is 0 Å². The van der Waals surface area contributed by atoms with Gasteiger partial charge in [0.2, 0.25) is 0 Å². The summed E-state index contributed by atoms with van der Waals surface area (Å²) in [5.74, 6) is -1.92. The number of β-amino-alcohol motifs (C(OH)–C–C–N with tert-alkyl or cyclic N) is 1. The Morgan fingerprint density at radius 3 is 2.38 bits per heavy atom. The lowest BCUT2D eigenvalue weighted by atomic mass is 9.78. The lowest BCUT2D eigenvalue weighted by Crippen LogP contribution is -2.55. The number of rotatable bonds is 6. The maximum Gasteiger partial charge on any atom is 0.471 e. The van der Waals surface area contributed by atoms with Crippen molar-refractivity contribution in [2.24, 2.45) is 5.41 Å². The van der Waals surface area contributed by atoms with Crippen LogP contribution < -0.4 is 0 Å². The van der Waals surface area contributed by atoms with Crippen LogP contribution in [0.3, 0.4) is 0 Å². The van der Waals surface area contributed by atoms with E-state index in [9.17, 15) is 27.9 Å². The van der Waals surface area contributed by atoms with Crippen LogP contribution in [0.4, 0.5) is 18.0 Å². The Kier molecular flexibility index (Phi) is 7.09. The van der Waals surface area contributed by atoms with E-state index in [2.05, 4.69) is 0 Å². The van der Waals surface area contributed by atoms with Gasteiger partial charge in [-0.15, -0.1) is 0 Å². The van der Waals surface area contributed by atoms with Gasteiger partial charge in [0, 0.05) is 57.2 Å². The zero-order valence-corrected chi connectivity index (χ0v) is 19.3. The average Bonchev–Trinajstić information content (AvgIpc) is 3.49. The minimum Gasteiger partial charge on any atom is -0.391 e. The summed E-state index contributed by atoms with van der Waals surface area (Å²) in [5.41, 5.74) is 0.266. The molecule has 2 saturated heterocycles. The normalized spacial score (nSPS) is 26.4. The molecule has 10 heteroatoms. The van der Waals surface area contributed by atoms with E-state index in [1.807, 2.05) is 30.3 Å². The van der Waals surface area contributed by atoms with Crippen LogP contribution in [0.2, 0.25) is 0 Å². The second kappa shape index (κ2) is 9.73. The summed E-state index contributed by atoms with van der Waals surface area (Å²) < 4.78 is 46.1. The molecule has 0 radical (unpaired) electrons. The van der Waals surface area contributed by atoms with Gasteiger partial charge >= 0.3 is 18.1 Å². The summed E-state index contributed by atoms with van der Waals surface area (Å²) in [6.45, 7) is 1.69. The predicted molar refractivity (Wildman–Crippen MR) is 118 cm³/mol. The monoisotopic (exact) mass is 483 g/mol. The Hall–Kier alpha value is -2.33. The van der Waals surface area contributed by atoms with E-state index >= 15 is 0 Å². The molecule has 34 heavy (non-hydrogen) atoms. The van der Waals surface area contributed by atoms with Gasteiger partial charge in [-0.1, -0.05) is 30.3 Å². The third-order valence-electron chi connectivity index (χ3n) is 7.37. The third-order valence-corrected chi connectivity index (χ3v) is 7.37. The van der Waals surface area contributed by atoms with E-state index in [1.54, 1.807) is 9.80 Å². The minimum atomic E-state index is -4.95. The average molecular weight is 484 g/mol. The molecule has 2 heterocycles. The molecule has 2 aliphatic heterocycles. The lowest BCUT2D eigenvalue weighted by molar-refractivity contribution is -0.188. The van der Waals surface area contributed by atoms with Crippen molar-refractivity contribution < 1.29 is 32.6 Å². The highest BCUT2D eigenvalue weighted by molar-refractivity contribution is 5.83. The van der Waals surface area contributed by atoms with E-state index < -0.39 is 29.6 Å². The van der Waals surface area contributed by atoms with Crippen LogP contribution in [-0.4, -0.2) is 96.5 Å². The smallest absolute Gasteiger partial charge is 0.391 e. The number of hydrogen-bond acceptors (Lipinski definition) is 4. The first-order valence-electron chi connectivity index (χ1n) is 11.8. The number of likely N-dealkylation sites (tertiary alicyclic amines) is 2. The quantitative estimate of drug-likeness (QED) is 0.676. The van der Waals surface area contributed by atoms with Gasteiger partial charge in [-0.05, 0) is 31.2 Å². The van der Waals surface area contributed by atoms with Gasteiger partial charge < -0.3 is 24.5 Å². The van der Waals surface area contributed by atoms with Gasteiger partial charge in [0.25, 0.3) is 0 Å². The van der Waals surface area contributed by atoms with Gasteiger partial charge in [-0.3, -0.25) is 4.79 Å². The van der Waals surface area contributed by atoms with E-state index in [0.29, 0.717) is 51.9 Å². The highest BCUT2D eigenvalue weighted by Gasteiger charge is 2.54. The molecule has 0 spiro atoms. The van der Waals surface area contributed by atoms with E-state index in [4.69, 9.17) is 4.74 Å². The Morgan fingerprint density at radius 2 is 1.82 bits per heavy atom. The lowest BCUT2D eigenvalue weighted by Gasteiger charge is -2.45. The second-order valence-electron chi connectivity index (χ2n) is 9.84. The number of nitrogens with zero attached hydrogens (tertiary/aromatic N) is 3. The highest BCUT2D eigenvalue weighted by Crippen LogP contribution is 2.47. The van der Waals surface area contributed by atoms with E-state index in [0.717, 1.165) is 10.5 Å². The number of amides is 3. The van der Waals surface area contributed by atoms with Crippen molar-refractivity contribution in [2.75, 3.05) is 46.4 Å². The molecule has 188 valence electrons.